The standard InChI is InChI=1S/C19H27FN2O4/c1-13-10-21(17(23)26-19(3,4)5)11-14(2)22(13)18(24)25-12-15-8-6-7-9-16(15)20/h6-9,13-14H,10-12H2,1-5H3. The molecule has 0 aliphatic carbocycles. The van der Waals surface area contributed by atoms with Gasteiger partial charge in [-0.3, -0.25) is 4.90 Å². The fourth-order valence-corrected chi connectivity index (χ4v) is 2.99. The Bertz CT molecular complexity index is 647. The second-order valence-electron chi connectivity index (χ2n) is 7.64. The average Bonchev–Trinajstić information content (AvgIpc) is 2.51. The summed E-state index contributed by atoms with van der Waals surface area (Å²) in [5.74, 6) is -0.406. The molecule has 1 saturated heterocycles. The molecule has 7 heteroatoms. The van der Waals surface area contributed by atoms with E-state index in [1.165, 1.54) is 6.07 Å². The maximum Gasteiger partial charge on any atom is 0.410 e. The van der Waals surface area contributed by atoms with Crippen LogP contribution in [0, 0.1) is 5.82 Å². The molecule has 1 aliphatic heterocycles. The molecule has 1 aromatic carbocycles. The van der Waals surface area contributed by atoms with Crippen LogP contribution in [0.2, 0.25) is 0 Å². The van der Waals surface area contributed by atoms with Gasteiger partial charge in [0.15, 0.2) is 0 Å². The van der Waals surface area contributed by atoms with Crippen molar-refractivity contribution in [3.63, 3.8) is 0 Å². The molecule has 1 aliphatic rings. The van der Waals surface area contributed by atoms with Crippen LogP contribution in [-0.4, -0.2) is 52.8 Å². The lowest BCUT2D eigenvalue weighted by Crippen LogP contribution is -2.60. The Hall–Kier alpha value is -2.31. The van der Waals surface area contributed by atoms with Gasteiger partial charge in [0.25, 0.3) is 0 Å². The van der Waals surface area contributed by atoms with Gasteiger partial charge in [0.1, 0.15) is 18.0 Å². The smallest absolute Gasteiger partial charge is 0.410 e. The van der Waals surface area contributed by atoms with Gasteiger partial charge in [0.2, 0.25) is 0 Å². The van der Waals surface area contributed by atoms with Gasteiger partial charge < -0.3 is 14.4 Å². The van der Waals surface area contributed by atoms with Crippen LogP contribution in [0.15, 0.2) is 24.3 Å². The number of halogens is 1. The Balaban J connectivity index is 1.95. The first-order chi connectivity index (χ1) is 12.1. The third-order valence-corrected chi connectivity index (χ3v) is 4.09. The van der Waals surface area contributed by atoms with E-state index in [0.29, 0.717) is 18.7 Å². The van der Waals surface area contributed by atoms with Gasteiger partial charge in [-0.15, -0.1) is 0 Å². The van der Waals surface area contributed by atoms with Crippen molar-refractivity contribution in [1.29, 1.82) is 0 Å². The predicted octanol–water partition coefficient (Wildman–Crippen LogP) is 3.79. The molecule has 0 radical (unpaired) electrons. The molecule has 144 valence electrons. The monoisotopic (exact) mass is 366 g/mol. The van der Waals surface area contributed by atoms with E-state index in [-0.39, 0.29) is 18.7 Å². The summed E-state index contributed by atoms with van der Waals surface area (Å²) in [5.41, 5.74) is -0.243. The van der Waals surface area contributed by atoms with Crippen LogP contribution in [0.4, 0.5) is 14.0 Å². The van der Waals surface area contributed by atoms with Crippen molar-refractivity contribution in [3.8, 4) is 0 Å². The number of hydrogen-bond donors (Lipinski definition) is 0. The minimum atomic E-state index is -0.570. The average molecular weight is 366 g/mol. The highest BCUT2D eigenvalue weighted by Crippen LogP contribution is 2.20. The lowest BCUT2D eigenvalue weighted by atomic mass is 10.1. The topological polar surface area (TPSA) is 59.1 Å². The van der Waals surface area contributed by atoms with E-state index < -0.39 is 23.6 Å². The summed E-state index contributed by atoms with van der Waals surface area (Å²) in [6, 6.07) is 5.71. The molecule has 0 N–H and O–H groups in total. The van der Waals surface area contributed by atoms with E-state index >= 15 is 0 Å². The minimum absolute atomic E-state index is 0.128. The number of amides is 2. The van der Waals surface area contributed by atoms with Crippen molar-refractivity contribution in [2.45, 2.75) is 58.9 Å². The summed E-state index contributed by atoms with van der Waals surface area (Å²) in [4.78, 5) is 27.9. The van der Waals surface area contributed by atoms with Gasteiger partial charge in [0, 0.05) is 18.7 Å². The first kappa shape index (κ1) is 20.0. The van der Waals surface area contributed by atoms with Gasteiger partial charge in [0.05, 0.1) is 12.1 Å². The van der Waals surface area contributed by atoms with E-state index in [1.807, 2.05) is 34.6 Å². The van der Waals surface area contributed by atoms with E-state index in [4.69, 9.17) is 9.47 Å². The number of carbonyl (C=O) groups is 2. The molecule has 2 atom stereocenters. The lowest BCUT2D eigenvalue weighted by molar-refractivity contribution is -0.00983. The van der Waals surface area contributed by atoms with Gasteiger partial charge in [-0.2, -0.15) is 0 Å². The lowest BCUT2D eigenvalue weighted by Gasteiger charge is -2.43. The summed E-state index contributed by atoms with van der Waals surface area (Å²) in [5, 5.41) is 0. The normalized spacial score (nSPS) is 20.7. The minimum Gasteiger partial charge on any atom is -0.444 e. The predicted molar refractivity (Wildman–Crippen MR) is 95.2 cm³/mol. The fourth-order valence-electron chi connectivity index (χ4n) is 2.99. The van der Waals surface area contributed by atoms with Gasteiger partial charge >= 0.3 is 12.2 Å². The number of carbonyl (C=O) groups excluding carboxylic acids is 2. The zero-order valence-electron chi connectivity index (χ0n) is 16.0. The van der Waals surface area contributed by atoms with E-state index in [0.717, 1.165) is 0 Å². The summed E-state index contributed by atoms with van der Waals surface area (Å²) < 4.78 is 24.3. The van der Waals surface area contributed by atoms with E-state index in [1.54, 1.807) is 28.0 Å². The van der Waals surface area contributed by atoms with Crippen molar-refractivity contribution >= 4 is 12.2 Å². The molecule has 0 saturated carbocycles. The zero-order chi connectivity index (χ0) is 19.5. The number of rotatable bonds is 2. The highest BCUT2D eigenvalue weighted by Gasteiger charge is 2.37. The Labute approximate surface area is 153 Å². The largest absolute Gasteiger partial charge is 0.444 e. The molecule has 2 unspecified atom stereocenters. The molecule has 2 amide bonds. The summed E-state index contributed by atoms with van der Waals surface area (Å²) >= 11 is 0. The number of piperazine rings is 1. The number of hydrogen-bond acceptors (Lipinski definition) is 4. The quantitative estimate of drug-likeness (QED) is 0.799. The highest BCUT2D eigenvalue weighted by atomic mass is 19.1. The summed E-state index contributed by atoms with van der Waals surface area (Å²) in [6.07, 6.45) is -0.910. The van der Waals surface area contributed by atoms with E-state index in [2.05, 4.69) is 0 Å². The van der Waals surface area contributed by atoms with E-state index in [9.17, 15) is 14.0 Å². The first-order valence-corrected chi connectivity index (χ1v) is 8.75. The van der Waals surface area contributed by atoms with Crippen LogP contribution in [0.1, 0.15) is 40.2 Å². The van der Waals surface area contributed by atoms with Crippen molar-refractivity contribution in [3.05, 3.63) is 35.6 Å². The third kappa shape index (κ3) is 5.09. The maximum absolute atomic E-state index is 13.6. The number of ether oxygens (including phenoxy) is 2. The van der Waals surface area contributed by atoms with Crippen LogP contribution >= 0.6 is 0 Å². The molecule has 0 bridgehead atoms. The molecular formula is C19H27FN2O4. The van der Waals surface area contributed by atoms with Crippen molar-refractivity contribution < 1.29 is 23.5 Å². The molecule has 1 fully saturated rings. The molecule has 2 rings (SSSR count). The van der Waals surface area contributed by atoms with Crippen LogP contribution in [-0.2, 0) is 16.1 Å². The van der Waals surface area contributed by atoms with Crippen LogP contribution in [0.3, 0.4) is 0 Å². The van der Waals surface area contributed by atoms with Crippen LogP contribution < -0.4 is 0 Å². The SMILES string of the molecule is CC1CN(C(=O)OC(C)(C)C)CC(C)N1C(=O)OCc1ccccc1F. The second kappa shape index (κ2) is 7.93. The highest BCUT2D eigenvalue weighted by molar-refractivity contribution is 5.71. The molecular weight excluding hydrogens is 339 g/mol. The first-order valence-electron chi connectivity index (χ1n) is 8.75. The Kier molecular flexibility index (Phi) is 6.10. The molecule has 0 aromatic heterocycles. The Morgan fingerprint density at radius 3 is 2.23 bits per heavy atom. The fraction of sp³-hybridized carbons (Fsp3) is 0.579. The van der Waals surface area contributed by atoms with Gasteiger partial charge in [-0.25, -0.2) is 14.0 Å². The summed E-state index contributed by atoms with van der Waals surface area (Å²) in [6.45, 7) is 9.71. The van der Waals surface area contributed by atoms with Crippen molar-refractivity contribution in [2.75, 3.05) is 13.1 Å². The zero-order valence-corrected chi connectivity index (χ0v) is 16.0. The number of benzene rings is 1. The Morgan fingerprint density at radius 2 is 1.69 bits per heavy atom. The summed E-state index contributed by atoms with van der Waals surface area (Å²) in [7, 11) is 0. The number of nitrogens with zero attached hydrogens (tertiary/aromatic N) is 2. The second-order valence-corrected chi connectivity index (χ2v) is 7.64. The van der Waals surface area contributed by atoms with Gasteiger partial charge in [-0.05, 0) is 40.7 Å². The molecule has 6 nitrogen and oxygen atoms in total. The van der Waals surface area contributed by atoms with Crippen LogP contribution in [0.25, 0.3) is 0 Å². The Morgan fingerprint density at radius 1 is 1.12 bits per heavy atom. The molecule has 1 aromatic rings. The maximum atomic E-state index is 13.6. The molecule has 1 heterocycles. The van der Waals surface area contributed by atoms with Gasteiger partial charge in [-0.1, -0.05) is 18.2 Å². The van der Waals surface area contributed by atoms with Crippen molar-refractivity contribution in [2.24, 2.45) is 0 Å². The van der Waals surface area contributed by atoms with Crippen LogP contribution in [0.5, 0.6) is 0 Å². The molecule has 0 spiro atoms. The third-order valence-electron chi connectivity index (χ3n) is 4.09. The molecule has 26 heavy (non-hydrogen) atoms. The van der Waals surface area contributed by atoms with Crippen molar-refractivity contribution in [1.82, 2.24) is 9.80 Å².